The largest absolute Gasteiger partial charge is 0.382 e. The van der Waals surface area contributed by atoms with Gasteiger partial charge in [-0.1, -0.05) is 26.2 Å². The molecule has 1 saturated heterocycles. The zero-order chi connectivity index (χ0) is 14.5. The molecule has 2 aliphatic rings. The van der Waals surface area contributed by atoms with Crippen molar-refractivity contribution >= 4 is 11.4 Å². The van der Waals surface area contributed by atoms with Crippen molar-refractivity contribution in [2.24, 2.45) is 5.92 Å². The summed E-state index contributed by atoms with van der Waals surface area (Å²) < 4.78 is 5.41. The number of rotatable bonds is 4. The molecular weight excluding hydrogens is 260 g/mol. The van der Waals surface area contributed by atoms with Crippen LogP contribution in [0.25, 0.3) is 0 Å². The van der Waals surface area contributed by atoms with E-state index in [1.54, 1.807) is 0 Å². The van der Waals surface area contributed by atoms with Gasteiger partial charge in [0.25, 0.3) is 0 Å². The first-order valence-corrected chi connectivity index (χ1v) is 8.54. The molecule has 1 aromatic rings. The molecule has 21 heavy (non-hydrogen) atoms. The Morgan fingerprint density at radius 3 is 2.62 bits per heavy atom. The number of hydrogen-bond acceptors (Lipinski definition) is 3. The molecule has 0 aromatic heterocycles. The lowest BCUT2D eigenvalue weighted by Crippen LogP contribution is -2.36. The lowest BCUT2D eigenvalue weighted by molar-refractivity contribution is 0.122. The van der Waals surface area contributed by atoms with Crippen molar-refractivity contribution in [3.63, 3.8) is 0 Å². The SMILES string of the molecule is CCC1CCCC(Nc2ccc(N3CCOCC3)cc2)C1. The van der Waals surface area contributed by atoms with Gasteiger partial charge in [-0.05, 0) is 43.0 Å². The molecule has 2 unspecified atom stereocenters. The summed E-state index contributed by atoms with van der Waals surface area (Å²) in [6, 6.07) is 9.63. The van der Waals surface area contributed by atoms with Gasteiger partial charge in [0, 0.05) is 30.5 Å². The van der Waals surface area contributed by atoms with E-state index in [1.807, 2.05) is 0 Å². The molecule has 2 atom stereocenters. The highest BCUT2D eigenvalue weighted by atomic mass is 16.5. The Labute approximate surface area is 128 Å². The van der Waals surface area contributed by atoms with E-state index in [0.29, 0.717) is 6.04 Å². The van der Waals surface area contributed by atoms with Gasteiger partial charge in [0.1, 0.15) is 0 Å². The average molecular weight is 288 g/mol. The maximum Gasteiger partial charge on any atom is 0.0642 e. The van der Waals surface area contributed by atoms with Crippen molar-refractivity contribution in [2.75, 3.05) is 36.5 Å². The molecule has 0 bridgehead atoms. The van der Waals surface area contributed by atoms with Gasteiger partial charge in [0.2, 0.25) is 0 Å². The second kappa shape index (κ2) is 7.17. The molecule has 1 N–H and O–H groups in total. The number of nitrogens with zero attached hydrogens (tertiary/aromatic N) is 1. The summed E-state index contributed by atoms with van der Waals surface area (Å²) in [5.41, 5.74) is 2.59. The standard InChI is InChI=1S/C18H28N2O/c1-2-15-4-3-5-17(14-15)19-16-6-8-18(9-7-16)20-10-12-21-13-11-20/h6-9,15,17,19H,2-5,10-14H2,1H3. The minimum Gasteiger partial charge on any atom is -0.382 e. The third-order valence-corrected chi connectivity index (χ3v) is 4.97. The van der Waals surface area contributed by atoms with Gasteiger partial charge in [-0.2, -0.15) is 0 Å². The Kier molecular flexibility index (Phi) is 5.02. The normalized spacial score (nSPS) is 26.6. The van der Waals surface area contributed by atoms with E-state index in [-0.39, 0.29) is 0 Å². The van der Waals surface area contributed by atoms with E-state index < -0.39 is 0 Å². The van der Waals surface area contributed by atoms with Gasteiger partial charge < -0.3 is 15.0 Å². The van der Waals surface area contributed by atoms with Crippen molar-refractivity contribution in [3.8, 4) is 0 Å². The van der Waals surface area contributed by atoms with Crippen LogP contribution < -0.4 is 10.2 Å². The first-order valence-electron chi connectivity index (χ1n) is 8.54. The molecule has 116 valence electrons. The van der Waals surface area contributed by atoms with Crippen LogP contribution >= 0.6 is 0 Å². The third kappa shape index (κ3) is 3.91. The maximum absolute atomic E-state index is 5.41. The second-order valence-electron chi connectivity index (χ2n) is 6.43. The fraction of sp³-hybridized carbons (Fsp3) is 0.667. The summed E-state index contributed by atoms with van der Waals surface area (Å²) in [5, 5.41) is 3.73. The highest BCUT2D eigenvalue weighted by molar-refractivity contribution is 5.55. The third-order valence-electron chi connectivity index (χ3n) is 4.97. The molecule has 3 nitrogen and oxygen atoms in total. The fourth-order valence-corrected chi connectivity index (χ4v) is 3.62. The Morgan fingerprint density at radius 2 is 1.90 bits per heavy atom. The molecule has 1 saturated carbocycles. The van der Waals surface area contributed by atoms with Crippen LogP contribution in [-0.2, 0) is 4.74 Å². The number of anilines is 2. The number of benzene rings is 1. The molecular formula is C18H28N2O. The average Bonchev–Trinajstić information content (AvgIpc) is 2.56. The van der Waals surface area contributed by atoms with Crippen molar-refractivity contribution < 1.29 is 4.74 Å². The van der Waals surface area contributed by atoms with Crippen LogP contribution in [0.5, 0.6) is 0 Å². The summed E-state index contributed by atoms with van der Waals surface area (Å²) in [7, 11) is 0. The number of morpholine rings is 1. The topological polar surface area (TPSA) is 24.5 Å². The summed E-state index contributed by atoms with van der Waals surface area (Å²) in [4.78, 5) is 2.40. The minimum absolute atomic E-state index is 0.665. The van der Waals surface area contributed by atoms with Gasteiger partial charge in [-0.15, -0.1) is 0 Å². The molecule has 3 rings (SSSR count). The predicted octanol–water partition coefficient (Wildman–Crippen LogP) is 3.90. The Bertz CT molecular complexity index is 425. The highest BCUT2D eigenvalue weighted by Crippen LogP contribution is 2.29. The van der Waals surface area contributed by atoms with Crippen molar-refractivity contribution in [2.45, 2.75) is 45.1 Å². The summed E-state index contributed by atoms with van der Waals surface area (Å²) in [6.45, 7) is 6.03. The van der Waals surface area contributed by atoms with Crippen LogP contribution in [0.4, 0.5) is 11.4 Å². The Balaban J connectivity index is 1.56. The lowest BCUT2D eigenvalue weighted by Gasteiger charge is -2.31. The van der Waals surface area contributed by atoms with Gasteiger partial charge >= 0.3 is 0 Å². The molecule has 0 radical (unpaired) electrons. The van der Waals surface area contributed by atoms with E-state index in [9.17, 15) is 0 Å². The molecule has 2 fully saturated rings. The van der Waals surface area contributed by atoms with E-state index in [4.69, 9.17) is 4.74 Å². The van der Waals surface area contributed by atoms with E-state index in [2.05, 4.69) is 41.4 Å². The van der Waals surface area contributed by atoms with Gasteiger partial charge in [-0.25, -0.2) is 0 Å². The molecule has 1 heterocycles. The van der Waals surface area contributed by atoms with Crippen LogP contribution in [-0.4, -0.2) is 32.3 Å². The lowest BCUT2D eigenvalue weighted by atomic mass is 9.84. The predicted molar refractivity (Wildman–Crippen MR) is 89.1 cm³/mol. The zero-order valence-corrected chi connectivity index (χ0v) is 13.2. The smallest absolute Gasteiger partial charge is 0.0642 e. The van der Waals surface area contributed by atoms with Crippen LogP contribution in [0.2, 0.25) is 0 Å². The van der Waals surface area contributed by atoms with Crippen LogP contribution in [0, 0.1) is 5.92 Å². The number of ether oxygens (including phenoxy) is 1. The first kappa shape index (κ1) is 14.7. The summed E-state index contributed by atoms with van der Waals surface area (Å²) >= 11 is 0. The van der Waals surface area contributed by atoms with E-state index in [1.165, 1.54) is 43.5 Å². The Morgan fingerprint density at radius 1 is 1.14 bits per heavy atom. The Hall–Kier alpha value is -1.22. The fourth-order valence-electron chi connectivity index (χ4n) is 3.62. The quantitative estimate of drug-likeness (QED) is 0.909. The molecule has 3 heteroatoms. The first-order chi connectivity index (χ1) is 10.3. The minimum atomic E-state index is 0.665. The molecule has 1 aliphatic heterocycles. The molecule has 1 aromatic carbocycles. The van der Waals surface area contributed by atoms with Crippen LogP contribution in [0.15, 0.2) is 24.3 Å². The molecule has 1 aliphatic carbocycles. The van der Waals surface area contributed by atoms with Crippen LogP contribution in [0.1, 0.15) is 39.0 Å². The van der Waals surface area contributed by atoms with Crippen LogP contribution in [0.3, 0.4) is 0 Å². The molecule has 0 amide bonds. The van der Waals surface area contributed by atoms with Gasteiger partial charge in [-0.3, -0.25) is 0 Å². The second-order valence-corrected chi connectivity index (χ2v) is 6.43. The van der Waals surface area contributed by atoms with Crippen molar-refractivity contribution in [1.82, 2.24) is 0 Å². The highest BCUT2D eigenvalue weighted by Gasteiger charge is 2.20. The maximum atomic E-state index is 5.41. The van der Waals surface area contributed by atoms with Crippen molar-refractivity contribution in [1.29, 1.82) is 0 Å². The molecule has 0 spiro atoms. The zero-order valence-electron chi connectivity index (χ0n) is 13.2. The van der Waals surface area contributed by atoms with E-state index >= 15 is 0 Å². The summed E-state index contributed by atoms with van der Waals surface area (Å²) in [5.74, 6) is 0.920. The number of nitrogens with one attached hydrogen (secondary N) is 1. The van der Waals surface area contributed by atoms with E-state index in [0.717, 1.165) is 32.2 Å². The monoisotopic (exact) mass is 288 g/mol. The summed E-state index contributed by atoms with van der Waals surface area (Å²) in [6.07, 6.45) is 6.78. The van der Waals surface area contributed by atoms with Gasteiger partial charge in [0.05, 0.1) is 13.2 Å². The number of hydrogen-bond donors (Lipinski definition) is 1. The van der Waals surface area contributed by atoms with Crippen molar-refractivity contribution in [3.05, 3.63) is 24.3 Å². The van der Waals surface area contributed by atoms with Gasteiger partial charge in [0.15, 0.2) is 0 Å².